The van der Waals surface area contributed by atoms with Crippen LogP contribution in [0.4, 0.5) is 5.69 Å². The molecule has 1 saturated carbocycles. The maximum absolute atomic E-state index is 12.3. The van der Waals surface area contributed by atoms with Crippen molar-refractivity contribution in [2.45, 2.75) is 36.5 Å². The Hall–Kier alpha value is -1.98. The molecule has 1 aliphatic heterocycles. The SMILES string of the molecule is O=C1NC(=NC2(c3ccc(Cl)cc3)CCC2)SC1CCNc1ccccc1. The molecule has 1 unspecified atom stereocenters. The lowest BCUT2D eigenvalue weighted by Crippen LogP contribution is -2.35. The maximum atomic E-state index is 12.3. The van der Waals surface area contributed by atoms with E-state index >= 15 is 0 Å². The second-order valence-corrected chi connectivity index (χ2v) is 8.61. The van der Waals surface area contributed by atoms with Crippen molar-refractivity contribution in [1.82, 2.24) is 5.32 Å². The summed E-state index contributed by atoms with van der Waals surface area (Å²) < 4.78 is 0. The number of benzene rings is 2. The van der Waals surface area contributed by atoms with Gasteiger partial charge in [0.15, 0.2) is 5.17 Å². The Labute approximate surface area is 168 Å². The fourth-order valence-corrected chi connectivity index (χ4v) is 4.67. The molecule has 1 heterocycles. The molecule has 4 nitrogen and oxygen atoms in total. The third-order valence-electron chi connectivity index (χ3n) is 5.16. The van der Waals surface area contributed by atoms with Crippen LogP contribution in [-0.2, 0) is 10.3 Å². The molecule has 2 aliphatic rings. The number of hydrogen-bond acceptors (Lipinski definition) is 4. The van der Waals surface area contributed by atoms with Crippen LogP contribution in [0.5, 0.6) is 0 Å². The summed E-state index contributed by atoms with van der Waals surface area (Å²) in [5.74, 6) is 0.0548. The van der Waals surface area contributed by atoms with Crippen LogP contribution in [0.3, 0.4) is 0 Å². The summed E-state index contributed by atoms with van der Waals surface area (Å²) in [5.41, 5.74) is 2.04. The van der Waals surface area contributed by atoms with Crippen LogP contribution in [0.15, 0.2) is 59.6 Å². The van der Waals surface area contributed by atoms with Crippen LogP contribution >= 0.6 is 23.4 Å². The monoisotopic (exact) mass is 399 g/mol. The van der Waals surface area contributed by atoms with Gasteiger partial charge in [-0.15, -0.1) is 0 Å². The van der Waals surface area contributed by atoms with Crippen LogP contribution in [0.1, 0.15) is 31.2 Å². The molecule has 1 saturated heterocycles. The molecule has 1 amide bonds. The molecule has 0 spiro atoms. The highest BCUT2D eigenvalue weighted by atomic mass is 35.5. The van der Waals surface area contributed by atoms with Crippen LogP contribution in [-0.4, -0.2) is 22.9 Å². The Kier molecular flexibility index (Phi) is 5.41. The summed E-state index contributed by atoms with van der Waals surface area (Å²) in [4.78, 5) is 17.3. The fraction of sp³-hybridized carbons (Fsp3) is 0.333. The number of para-hydroxylation sites is 1. The Bertz CT molecular complexity index is 834. The van der Waals surface area contributed by atoms with Crippen LogP contribution in [0, 0.1) is 0 Å². The molecule has 0 bridgehead atoms. The van der Waals surface area contributed by atoms with E-state index in [4.69, 9.17) is 16.6 Å². The van der Waals surface area contributed by atoms with Gasteiger partial charge in [-0.3, -0.25) is 9.79 Å². The van der Waals surface area contributed by atoms with Gasteiger partial charge < -0.3 is 10.6 Å². The van der Waals surface area contributed by atoms with Gasteiger partial charge in [0.05, 0.1) is 10.8 Å². The number of anilines is 1. The molecule has 6 heteroatoms. The molecule has 2 aromatic rings. The van der Waals surface area contributed by atoms with E-state index in [1.54, 1.807) is 11.8 Å². The Balaban J connectivity index is 1.39. The van der Waals surface area contributed by atoms with Gasteiger partial charge in [0.2, 0.25) is 5.91 Å². The first kappa shape index (κ1) is 18.4. The van der Waals surface area contributed by atoms with Gasteiger partial charge >= 0.3 is 0 Å². The summed E-state index contributed by atoms with van der Waals surface area (Å²) in [6, 6.07) is 18.0. The van der Waals surface area contributed by atoms with Crippen LogP contribution in [0.25, 0.3) is 0 Å². The summed E-state index contributed by atoms with van der Waals surface area (Å²) in [6.45, 7) is 0.755. The van der Waals surface area contributed by atoms with Gasteiger partial charge in [-0.25, -0.2) is 0 Å². The van der Waals surface area contributed by atoms with E-state index in [9.17, 15) is 4.79 Å². The number of thioether (sulfide) groups is 1. The quantitative estimate of drug-likeness (QED) is 0.732. The number of rotatable bonds is 6. The molecule has 1 aliphatic carbocycles. The summed E-state index contributed by atoms with van der Waals surface area (Å²) in [6.07, 6.45) is 3.93. The number of nitrogens with zero attached hydrogens (tertiary/aromatic N) is 1. The first-order valence-corrected chi connectivity index (χ1v) is 10.5. The predicted molar refractivity (Wildman–Crippen MR) is 113 cm³/mol. The van der Waals surface area contributed by atoms with Crippen molar-refractivity contribution in [1.29, 1.82) is 0 Å². The Morgan fingerprint density at radius 1 is 1.15 bits per heavy atom. The first-order chi connectivity index (χ1) is 13.1. The predicted octanol–water partition coefficient (Wildman–Crippen LogP) is 4.81. The number of nitrogens with one attached hydrogen (secondary N) is 2. The van der Waals surface area contributed by atoms with Crippen molar-refractivity contribution >= 4 is 40.1 Å². The van der Waals surface area contributed by atoms with Crippen LogP contribution in [0.2, 0.25) is 5.02 Å². The van der Waals surface area contributed by atoms with Crippen molar-refractivity contribution in [2.75, 3.05) is 11.9 Å². The van der Waals surface area contributed by atoms with E-state index in [1.165, 1.54) is 5.56 Å². The van der Waals surface area contributed by atoms with E-state index in [-0.39, 0.29) is 16.7 Å². The normalized spacial score (nSPS) is 22.3. The third-order valence-corrected chi connectivity index (χ3v) is 6.57. The number of amides is 1. The van der Waals surface area contributed by atoms with E-state index < -0.39 is 0 Å². The molecule has 140 valence electrons. The highest BCUT2D eigenvalue weighted by molar-refractivity contribution is 8.15. The summed E-state index contributed by atoms with van der Waals surface area (Å²) >= 11 is 7.57. The number of hydrogen-bond donors (Lipinski definition) is 2. The van der Waals surface area contributed by atoms with Crippen molar-refractivity contribution in [3.8, 4) is 0 Å². The molecule has 0 radical (unpaired) electrons. The lowest BCUT2D eigenvalue weighted by molar-refractivity contribution is -0.118. The molecule has 27 heavy (non-hydrogen) atoms. The van der Waals surface area contributed by atoms with E-state index in [1.807, 2.05) is 54.6 Å². The molecule has 2 N–H and O–H groups in total. The van der Waals surface area contributed by atoms with Gasteiger partial charge in [0.25, 0.3) is 0 Å². The highest BCUT2D eigenvalue weighted by Gasteiger charge is 2.41. The number of carbonyl (C=O) groups excluding carboxylic acids is 1. The van der Waals surface area contributed by atoms with Crippen molar-refractivity contribution in [3.05, 3.63) is 65.2 Å². The lowest BCUT2D eigenvalue weighted by atomic mass is 9.72. The van der Waals surface area contributed by atoms with E-state index in [0.29, 0.717) is 0 Å². The van der Waals surface area contributed by atoms with Crippen molar-refractivity contribution < 1.29 is 4.79 Å². The smallest absolute Gasteiger partial charge is 0.239 e. The van der Waals surface area contributed by atoms with Gasteiger partial charge in [0, 0.05) is 17.3 Å². The molecule has 2 aromatic carbocycles. The largest absolute Gasteiger partial charge is 0.385 e. The molecule has 0 aromatic heterocycles. The average molecular weight is 400 g/mol. The minimum atomic E-state index is -0.211. The molecule has 2 fully saturated rings. The van der Waals surface area contributed by atoms with Crippen molar-refractivity contribution in [3.63, 3.8) is 0 Å². The van der Waals surface area contributed by atoms with Gasteiger partial charge in [-0.2, -0.15) is 0 Å². The minimum absolute atomic E-state index is 0.0548. The first-order valence-electron chi connectivity index (χ1n) is 9.27. The summed E-state index contributed by atoms with van der Waals surface area (Å²) in [7, 11) is 0. The second-order valence-electron chi connectivity index (χ2n) is 6.99. The number of halogens is 1. The number of amidine groups is 1. The van der Waals surface area contributed by atoms with Crippen LogP contribution < -0.4 is 10.6 Å². The van der Waals surface area contributed by atoms with E-state index in [2.05, 4.69) is 10.6 Å². The standard InChI is InChI=1S/C21H22ClN3OS/c22-16-9-7-15(8-10-16)21(12-4-13-21)25-20-24-19(26)18(27-20)11-14-23-17-5-2-1-3-6-17/h1-3,5-10,18,23H,4,11-14H2,(H,24,25,26). The maximum Gasteiger partial charge on any atom is 0.239 e. The summed E-state index contributed by atoms with van der Waals surface area (Å²) in [5, 5.41) is 7.73. The highest BCUT2D eigenvalue weighted by Crippen LogP contribution is 2.46. The Morgan fingerprint density at radius 3 is 2.56 bits per heavy atom. The van der Waals surface area contributed by atoms with Gasteiger partial charge in [0.1, 0.15) is 0 Å². The minimum Gasteiger partial charge on any atom is -0.385 e. The molecular weight excluding hydrogens is 378 g/mol. The van der Waals surface area contributed by atoms with E-state index in [0.717, 1.165) is 48.1 Å². The number of aliphatic imine (C=N–C) groups is 1. The van der Waals surface area contributed by atoms with Gasteiger partial charge in [-0.05, 0) is 55.5 Å². The zero-order chi connectivity index (χ0) is 18.7. The number of carbonyl (C=O) groups is 1. The topological polar surface area (TPSA) is 53.5 Å². The van der Waals surface area contributed by atoms with Gasteiger partial charge in [-0.1, -0.05) is 53.7 Å². The zero-order valence-electron chi connectivity index (χ0n) is 15.0. The lowest BCUT2D eigenvalue weighted by Gasteiger charge is -2.39. The fourth-order valence-electron chi connectivity index (χ4n) is 3.48. The second kappa shape index (κ2) is 7.95. The average Bonchev–Trinajstić information content (AvgIpc) is 2.99. The Morgan fingerprint density at radius 2 is 1.89 bits per heavy atom. The third kappa shape index (κ3) is 4.14. The molecule has 4 rings (SSSR count). The zero-order valence-corrected chi connectivity index (χ0v) is 16.5. The van der Waals surface area contributed by atoms with Crippen molar-refractivity contribution in [2.24, 2.45) is 4.99 Å². The molecule has 1 atom stereocenters. The molecular formula is C21H22ClN3OS.